The van der Waals surface area contributed by atoms with Crippen LogP contribution in [0, 0.1) is 5.92 Å². The molecule has 1 aromatic carbocycles. The first-order valence-corrected chi connectivity index (χ1v) is 7.15. The van der Waals surface area contributed by atoms with E-state index in [4.69, 9.17) is 16.3 Å². The van der Waals surface area contributed by atoms with Crippen molar-refractivity contribution in [1.29, 1.82) is 0 Å². The van der Waals surface area contributed by atoms with Crippen LogP contribution in [-0.4, -0.2) is 19.6 Å². The van der Waals surface area contributed by atoms with Crippen LogP contribution in [0.3, 0.4) is 0 Å². The first-order chi connectivity index (χ1) is 9.22. The lowest BCUT2D eigenvalue weighted by Crippen LogP contribution is -2.33. The number of rotatable bonds is 5. The van der Waals surface area contributed by atoms with Gasteiger partial charge in [0.25, 0.3) is 0 Å². The lowest BCUT2D eigenvalue weighted by molar-refractivity contribution is -0.125. The molecule has 0 radical (unpaired) electrons. The molecule has 3 nitrogen and oxygen atoms in total. The topological polar surface area (TPSA) is 38.3 Å². The molecule has 1 aliphatic rings. The number of carbonyl (C=O) groups is 1. The number of nitrogens with one attached hydrogen (secondary N) is 1. The number of hydrogen-bond donors (Lipinski definition) is 1. The Morgan fingerprint density at radius 2 is 2.11 bits per heavy atom. The Morgan fingerprint density at radius 3 is 2.74 bits per heavy atom. The van der Waals surface area contributed by atoms with Crippen LogP contribution in [0.4, 0.5) is 0 Å². The van der Waals surface area contributed by atoms with Crippen molar-refractivity contribution >= 4 is 17.5 Å². The second kappa shape index (κ2) is 6.92. The Bertz CT molecular complexity index is 430. The molecule has 0 heterocycles. The maximum absolute atomic E-state index is 12.0. The second-order valence-electron chi connectivity index (χ2n) is 4.97. The highest BCUT2D eigenvalue weighted by Crippen LogP contribution is 2.26. The minimum Gasteiger partial charge on any atom is -0.375 e. The smallest absolute Gasteiger partial charge is 0.223 e. The molecule has 1 amide bonds. The van der Waals surface area contributed by atoms with Crippen LogP contribution in [-0.2, 0) is 9.53 Å². The van der Waals surface area contributed by atoms with Crippen LogP contribution in [0.2, 0.25) is 5.02 Å². The quantitative estimate of drug-likeness (QED) is 0.899. The zero-order chi connectivity index (χ0) is 13.7. The zero-order valence-corrected chi connectivity index (χ0v) is 12.0. The summed E-state index contributed by atoms with van der Waals surface area (Å²) in [5.41, 5.74) is 0.915. The Hall–Kier alpha value is -1.06. The van der Waals surface area contributed by atoms with Gasteiger partial charge in [-0.2, -0.15) is 0 Å². The van der Waals surface area contributed by atoms with Gasteiger partial charge in [0.2, 0.25) is 5.91 Å². The summed E-state index contributed by atoms with van der Waals surface area (Å²) in [7, 11) is 1.63. The molecule has 0 bridgehead atoms. The summed E-state index contributed by atoms with van der Waals surface area (Å²) in [6, 6.07) is 7.57. The molecule has 0 aliphatic heterocycles. The van der Waals surface area contributed by atoms with E-state index in [9.17, 15) is 4.79 Å². The van der Waals surface area contributed by atoms with Gasteiger partial charge in [-0.25, -0.2) is 0 Å². The van der Waals surface area contributed by atoms with Crippen LogP contribution >= 0.6 is 11.6 Å². The van der Waals surface area contributed by atoms with Crippen LogP contribution in [0.1, 0.15) is 37.4 Å². The third kappa shape index (κ3) is 3.71. The highest BCUT2D eigenvalue weighted by molar-refractivity contribution is 6.31. The number of carbonyl (C=O) groups excluding carboxylic acids is 1. The molecule has 0 spiro atoms. The maximum atomic E-state index is 12.0. The summed E-state index contributed by atoms with van der Waals surface area (Å²) in [4.78, 5) is 12.0. The summed E-state index contributed by atoms with van der Waals surface area (Å²) >= 11 is 6.15. The van der Waals surface area contributed by atoms with E-state index >= 15 is 0 Å². The van der Waals surface area contributed by atoms with Crippen molar-refractivity contribution in [3.05, 3.63) is 34.9 Å². The van der Waals surface area contributed by atoms with E-state index in [0.717, 1.165) is 31.2 Å². The Balaban J connectivity index is 1.92. The van der Waals surface area contributed by atoms with Gasteiger partial charge in [0, 0.05) is 30.2 Å². The van der Waals surface area contributed by atoms with Crippen molar-refractivity contribution in [2.45, 2.75) is 31.8 Å². The van der Waals surface area contributed by atoms with Gasteiger partial charge >= 0.3 is 0 Å². The lowest BCUT2D eigenvalue weighted by atomic mass is 10.1. The van der Waals surface area contributed by atoms with E-state index in [-0.39, 0.29) is 17.9 Å². The monoisotopic (exact) mass is 281 g/mol. The molecule has 1 atom stereocenters. The zero-order valence-electron chi connectivity index (χ0n) is 11.2. The van der Waals surface area contributed by atoms with Crippen molar-refractivity contribution in [3.8, 4) is 0 Å². The minimum absolute atomic E-state index is 0.145. The molecule has 2 rings (SSSR count). The van der Waals surface area contributed by atoms with Gasteiger partial charge in [-0.3, -0.25) is 4.79 Å². The van der Waals surface area contributed by atoms with E-state index in [1.54, 1.807) is 7.11 Å². The summed E-state index contributed by atoms with van der Waals surface area (Å²) in [5, 5.41) is 3.65. The number of amides is 1. The average Bonchev–Trinajstić information content (AvgIpc) is 2.95. The summed E-state index contributed by atoms with van der Waals surface area (Å²) in [6.45, 7) is 0.468. The lowest BCUT2D eigenvalue weighted by Gasteiger charge is -2.19. The highest BCUT2D eigenvalue weighted by Gasteiger charge is 2.23. The summed E-state index contributed by atoms with van der Waals surface area (Å²) in [5.74, 6) is 0.329. The maximum Gasteiger partial charge on any atom is 0.223 e. The van der Waals surface area contributed by atoms with Crippen LogP contribution in [0.25, 0.3) is 0 Å². The third-order valence-electron chi connectivity index (χ3n) is 3.72. The molecule has 0 saturated heterocycles. The molecule has 1 unspecified atom stereocenters. The predicted octanol–water partition coefficient (Wildman–Crippen LogP) is 3.33. The van der Waals surface area contributed by atoms with Crippen molar-refractivity contribution in [2.75, 3.05) is 13.7 Å². The fraction of sp³-hybridized carbons (Fsp3) is 0.533. The summed E-state index contributed by atoms with van der Waals surface area (Å²) < 4.78 is 5.43. The largest absolute Gasteiger partial charge is 0.375 e. The highest BCUT2D eigenvalue weighted by atomic mass is 35.5. The normalized spacial score (nSPS) is 17.4. The van der Waals surface area contributed by atoms with Crippen LogP contribution in [0.15, 0.2) is 24.3 Å². The van der Waals surface area contributed by atoms with Crippen molar-refractivity contribution in [2.24, 2.45) is 5.92 Å². The average molecular weight is 282 g/mol. The molecule has 1 N–H and O–H groups in total. The minimum atomic E-state index is -0.195. The number of methoxy groups -OCH3 is 1. The van der Waals surface area contributed by atoms with Crippen molar-refractivity contribution in [3.63, 3.8) is 0 Å². The van der Waals surface area contributed by atoms with Crippen molar-refractivity contribution < 1.29 is 9.53 Å². The summed E-state index contributed by atoms with van der Waals surface area (Å²) in [6.07, 6.45) is 4.15. The number of hydrogen-bond acceptors (Lipinski definition) is 2. The number of ether oxygens (including phenoxy) is 1. The molecule has 1 fully saturated rings. The molecule has 1 saturated carbocycles. The predicted molar refractivity (Wildman–Crippen MR) is 76.2 cm³/mol. The van der Waals surface area contributed by atoms with Gasteiger partial charge in [-0.1, -0.05) is 42.6 Å². The number of benzene rings is 1. The number of halogens is 1. The molecular formula is C15H20ClNO2. The molecule has 104 valence electrons. The molecule has 1 aromatic rings. The van der Waals surface area contributed by atoms with Gasteiger partial charge in [0.05, 0.1) is 0 Å². The molecule has 1 aliphatic carbocycles. The van der Waals surface area contributed by atoms with E-state index in [0.29, 0.717) is 11.6 Å². The van der Waals surface area contributed by atoms with Gasteiger partial charge in [-0.15, -0.1) is 0 Å². The van der Waals surface area contributed by atoms with Crippen molar-refractivity contribution in [1.82, 2.24) is 5.32 Å². The standard InChI is InChI=1S/C15H20ClNO2/c1-19-14(12-8-4-5-9-13(12)16)10-17-15(18)11-6-2-3-7-11/h4-5,8-9,11,14H,2-3,6-7,10H2,1H3,(H,17,18). The SMILES string of the molecule is COC(CNC(=O)C1CCCC1)c1ccccc1Cl. The molecule has 0 aromatic heterocycles. The molecular weight excluding hydrogens is 262 g/mol. The fourth-order valence-corrected chi connectivity index (χ4v) is 2.84. The van der Waals surface area contributed by atoms with Gasteiger partial charge in [0.15, 0.2) is 0 Å². The van der Waals surface area contributed by atoms with E-state index in [1.165, 1.54) is 0 Å². The first kappa shape index (κ1) is 14.4. The first-order valence-electron chi connectivity index (χ1n) is 6.77. The molecule has 19 heavy (non-hydrogen) atoms. The van der Waals surface area contributed by atoms with Gasteiger partial charge < -0.3 is 10.1 Å². The Labute approximate surface area is 119 Å². The van der Waals surface area contributed by atoms with Crippen LogP contribution in [0.5, 0.6) is 0 Å². The second-order valence-corrected chi connectivity index (χ2v) is 5.38. The fourth-order valence-electron chi connectivity index (χ4n) is 2.58. The van der Waals surface area contributed by atoms with Gasteiger partial charge in [0.1, 0.15) is 6.10 Å². The Kier molecular flexibility index (Phi) is 5.23. The third-order valence-corrected chi connectivity index (χ3v) is 4.07. The van der Waals surface area contributed by atoms with E-state index in [2.05, 4.69) is 5.32 Å². The van der Waals surface area contributed by atoms with E-state index in [1.807, 2.05) is 24.3 Å². The Morgan fingerprint density at radius 1 is 1.42 bits per heavy atom. The van der Waals surface area contributed by atoms with Gasteiger partial charge in [-0.05, 0) is 18.9 Å². The van der Waals surface area contributed by atoms with E-state index < -0.39 is 0 Å². The van der Waals surface area contributed by atoms with Crippen LogP contribution < -0.4 is 5.32 Å². The molecule has 4 heteroatoms.